The van der Waals surface area contributed by atoms with Crippen molar-refractivity contribution in [2.24, 2.45) is 0 Å². The lowest BCUT2D eigenvalue weighted by molar-refractivity contribution is 0.0927. The number of anilines is 1. The highest BCUT2D eigenvalue weighted by Crippen LogP contribution is 2.17. The van der Waals surface area contributed by atoms with Crippen molar-refractivity contribution in [1.29, 1.82) is 0 Å². The quantitative estimate of drug-likeness (QED) is 0.668. The summed E-state index contributed by atoms with van der Waals surface area (Å²) in [6.45, 7) is 3.06. The fourth-order valence-corrected chi connectivity index (χ4v) is 3.43. The van der Waals surface area contributed by atoms with Gasteiger partial charge in [0.15, 0.2) is 0 Å². The first-order valence-electron chi connectivity index (χ1n) is 9.16. The third kappa shape index (κ3) is 3.66. The van der Waals surface area contributed by atoms with Crippen LogP contribution in [0.2, 0.25) is 0 Å². The SMILES string of the molecule is Cc1cc(=O)[nH]c(N2CCC(NC(=O)c3cc4ccccc4oc3=O)CC2)n1. The standard InChI is InChI=1S/C20H20N4O4/c1-12-10-17(25)23-20(21-12)24-8-6-14(7-9-24)22-18(26)15-11-13-4-2-3-5-16(13)28-19(15)27/h2-5,10-11,14H,6-9H2,1H3,(H,22,26)(H,21,23,25). The third-order valence-corrected chi connectivity index (χ3v) is 4.87. The van der Waals surface area contributed by atoms with E-state index in [0.717, 1.165) is 0 Å². The molecule has 0 bridgehead atoms. The third-order valence-electron chi connectivity index (χ3n) is 4.87. The maximum atomic E-state index is 12.6. The summed E-state index contributed by atoms with van der Waals surface area (Å²) in [6.07, 6.45) is 1.37. The van der Waals surface area contributed by atoms with Crippen LogP contribution < -0.4 is 21.4 Å². The number of amides is 1. The molecule has 0 saturated carbocycles. The number of nitrogens with zero attached hydrogens (tertiary/aromatic N) is 2. The number of aromatic nitrogens is 2. The molecule has 144 valence electrons. The summed E-state index contributed by atoms with van der Waals surface area (Å²) in [5.41, 5.74) is 0.302. The summed E-state index contributed by atoms with van der Waals surface area (Å²) in [6, 6.07) is 10.0. The predicted octanol–water partition coefficient (Wildman–Crippen LogP) is 1.58. The molecule has 3 aromatic rings. The van der Waals surface area contributed by atoms with Crippen molar-refractivity contribution >= 4 is 22.8 Å². The number of carbonyl (C=O) groups is 1. The van der Waals surface area contributed by atoms with Gasteiger partial charge in [-0.2, -0.15) is 0 Å². The highest BCUT2D eigenvalue weighted by molar-refractivity contribution is 5.96. The summed E-state index contributed by atoms with van der Waals surface area (Å²) in [5, 5.41) is 3.62. The molecule has 1 fully saturated rings. The number of para-hydroxylation sites is 1. The van der Waals surface area contributed by atoms with Crippen molar-refractivity contribution in [3.63, 3.8) is 0 Å². The first-order valence-corrected chi connectivity index (χ1v) is 9.16. The van der Waals surface area contributed by atoms with Gasteiger partial charge >= 0.3 is 5.63 Å². The number of fused-ring (bicyclic) bond motifs is 1. The van der Waals surface area contributed by atoms with Crippen LogP contribution in [0.15, 0.2) is 50.4 Å². The fraction of sp³-hybridized carbons (Fsp3) is 0.300. The molecule has 0 atom stereocenters. The molecule has 0 unspecified atom stereocenters. The van der Waals surface area contributed by atoms with Gasteiger partial charge in [0.1, 0.15) is 11.1 Å². The van der Waals surface area contributed by atoms with Gasteiger partial charge in [0.2, 0.25) is 5.95 Å². The fourth-order valence-electron chi connectivity index (χ4n) is 3.43. The molecule has 0 radical (unpaired) electrons. The minimum atomic E-state index is -0.643. The Morgan fingerprint density at radius 3 is 2.71 bits per heavy atom. The molecule has 2 aromatic heterocycles. The van der Waals surface area contributed by atoms with Gasteiger partial charge in [-0.3, -0.25) is 14.6 Å². The average Bonchev–Trinajstić information content (AvgIpc) is 2.67. The van der Waals surface area contributed by atoms with E-state index in [0.29, 0.717) is 48.5 Å². The summed E-state index contributed by atoms with van der Waals surface area (Å²) in [4.78, 5) is 45.4. The lowest BCUT2D eigenvalue weighted by Crippen LogP contribution is -2.46. The molecule has 1 aromatic carbocycles. The topological polar surface area (TPSA) is 108 Å². The molecular weight excluding hydrogens is 360 g/mol. The zero-order valence-corrected chi connectivity index (χ0v) is 15.4. The highest BCUT2D eigenvalue weighted by Gasteiger charge is 2.24. The molecule has 1 amide bonds. The molecule has 0 spiro atoms. The highest BCUT2D eigenvalue weighted by atomic mass is 16.4. The van der Waals surface area contributed by atoms with Crippen molar-refractivity contribution in [2.75, 3.05) is 18.0 Å². The Kier molecular flexibility index (Phi) is 4.68. The minimum Gasteiger partial charge on any atom is -0.422 e. The van der Waals surface area contributed by atoms with Crippen LogP contribution in [0.4, 0.5) is 5.95 Å². The average molecular weight is 380 g/mol. The normalized spacial score (nSPS) is 15.0. The van der Waals surface area contributed by atoms with Crippen molar-refractivity contribution in [3.05, 3.63) is 68.4 Å². The van der Waals surface area contributed by atoms with E-state index in [1.54, 1.807) is 31.2 Å². The van der Waals surface area contributed by atoms with Crippen molar-refractivity contribution in [3.8, 4) is 0 Å². The molecule has 1 saturated heterocycles. The largest absolute Gasteiger partial charge is 0.422 e. The number of carbonyl (C=O) groups excluding carboxylic acids is 1. The summed E-state index contributed by atoms with van der Waals surface area (Å²) in [5.74, 6) is 0.116. The Bertz CT molecular complexity index is 1140. The van der Waals surface area contributed by atoms with E-state index >= 15 is 0 Å². The molecule has 1 aliphatic heterocycles. The zero-order valence-electron chi connectivity index (χ0n) is 15.4. The van der Waals surface area contributed by atoms with Crippen LogP contribution in [0.1, 0.15) is 28.9 Å². The molecular formula is C20H20N4O4. The van der Waals surface area contributed by atoms with Gasteiger partial charge in [-0.15, -0.1) is 0 Å². The zero-order chi connectivity index (χ0) is 19.7. The summed E-state index contributed by atoms with van der Waals surface area (Å²) < 4.78 is 5.23. The molecule has 8 heteroatoms. The number of H-pyrrole nitrogens is 1. The second-order valence-corrected chi connectivity index (χ2v) is 6.93. The molecule has 2 N–H and O–H groups in total. The van der Waals surface area contributed by atoms with Crippen molar-refractivity contribution in [2.45, 2.75) is 25.8 Å². The van der Waals surface area contributed by atoms with Crippen molar-refractivity contribution in [1.82, 2.24) is 15.3 Å². The second-order valence-electron chi connectivity index (χ2n) is 6.93. The van der Waals surface area contributed by atoms with E-state index in [1.807, 2.05) is 11.0 Å². The van der Waals surface area contributed by atoms with Crippen LogP contribution in [-0.4, -0.2) is 35.0 Å². The smallest absolute Gasteiger partial charge is 0.349 e. The van der Waals surface area contributed by atoms with Crippen LogP contribution in [0, 0.1) is 6.92 Å². The van der Waals surface area contributed by atoms with Gasteiger partial charge in [-0.25, -0.2) is 9.78 Å². The van der Waals surface area contributed by atoms with Crippen molar-refractivity contribution < 1.29 is 9.21 Å². The number of hydrogen-bond donors (Lipinski definition) is 2. The van der Waals surface area contributed by atoms with Crippen LogP contribution in [0.5, 0.6) is 0 Å². The van der Waals surface area contributed by atoms with Crippen LogP contribution in [-0.2, 0) is 0 Å². The monoisotopic (exact) mass is 380 g/mol. The number of rotatable bonds is 3. The van der Waals surface area contributed by atoms with E-state index in [1.165, 1.54) is 6.07 Å². The first-order chi connectivity index (χ1) is 13.5. The summed E-state index contributed by atoms with van der Waals surface area (Å²) in [7, 11) is 0. The number of piperidine rings is 1. The number of aromatic amines is 1. The van der Waals surface area contributed by atoms with Crippen LogP contribution >= 0.6 is 0 Å². The Morgan fingerprint density at radius 1 is 1.21 bits per heavy atom. The molecule has 8 nitrogen and oxygen atoms in total. The summed E-state index contributed by atoms with van der Waals surface area (Å²) >= 11 is 0. The van der Waals surface area contributed by atoms with E-state index in [-0.39, 0.29) is 17.2 Å². The predicted molar refractivity (Wildman–Crippen MR) is 105 cm³/mol. The minimum absolute atomic E-state index is 0.00538. The van der Waals surface area contributed by atoms with Gasteiger partial charge in [-0.1, -0.05) is 18.2 Å². The lowest BCUT2D eigenvalue weighted by atomic mass is 10.0. The number of hydrogen-bond acceptors (Lipinski definition) is 6. The van der Waals surface area contributed by atoms with E-state index < -0.39 is 11.5 Å². The number of benzene rings is 1. The first kappa shape index (κ1) is 18.0. The Hall–Kier alpha value is -3.42. The van der Waals surface area contributed by atoms with Gasteiger partial charge in [0.05, 0.1) is 0 Å². The number of nitrogens with one attached hydrogen (secondary N) is 2. The maximum Gasteiger partial charge on any atom is 0.349 e. The van der Waals surface area contributed by atoms with Crippen LogP contribution in [0.25, 0.3) is 11.0 Å². The Labute approximate surface area is 160 Å². The van der Waals surface area contributed by atoms with Gasteiger partial charge in [0.25, 0.3) is 11.5 Å². The van der Waals surface area contributed by atoms with E-state index in [2.05, 4.69) is 15.3 Å². The second kappa shape index (κ2) is 7.30. The molecule has 4 rings (SSSR count). The number of aryl methyl sites for hydroxylation is 1. The molecule has 1 aliphatic rings. The Morgan fingerprint density at radius 2 is 1.96 bits per heavy atom. The van der Waals surface area contributed by atoms with E-state index in [9.17, 15) is 14.4 Å². The molecule has 3 heterocycles. The maximum absolute atomic E-state index is 12.6. The lowest BCUT2D eigenvalue weighted by Gasteiger charge is -2.32. The van der Waals surface area contributed by atoms with Crippen LogP contribution in [0.3, 0.4) is 0 Å². The van der Waals surface area contributed by atoms with Gasteiger partial charge in [0, 0.05) is 36.3 Å². The van der Waals surface area contributed by atoms with Gasteiger partial charge in [-0.05, 0) is 31.9 Å². The van der Waals surface area contributed by atoms with E-state index in [4.69, 9.17) is 4.42 Å². The van der Waals surface area contributed by atoms with Gasteiger partial charge < -0.3 is 14.6 Å². The Balaban J connectivity index is 1.43. The molecule has 0 aliphatic carbocycles. The molecule has 28 heavy (non-hydrogen) atoms.